The molecule has 18 N–H and O–H groups in total. The minimum atomic E-state index is -1.19. The van der Waals surface area contributed by atoms with Crippen LogP contribution < -0.4 is 59.7 Å². The van der Waals surface area contributed by atoms with Crippen LogP contribution in [0.2, 0.25) is 0 Å². The summed E-state index contributed by atoms with van der Waals surface area (Å²) in [4.78, 5) is 171. The molecule has 1 aliphatic heterocycles. The minimum Gasteiger partial charge on any atom is -0.469 e. The summed E-state index contributed by atoms with van der Waals surface area (Å²) < 4.78 is 21.3. The summed E-state index contributed by atoms with van der Waals surface area (Å²) in [5, 5.41) is 28.9. The third-order valence-electron chi connectivity index (χ3n) is 25.8. The molecular formula is C118H140N16O16. The van der Waals surface area contributed by atoms with Gasteiger partial charge in [-0.05, 0) is 153 Å². The van der Waals surface area contributed by atoms with Gasteiger partial charge in [-0.2, -0.15) is 0 Å². The molecule has 15 rings (SSSR count). The number of rotatable bonds is 41. The number of amides is 9. The molecule has 8 atom stereocenters. The molecule has 1 saturated heterocycles. The maximum absolute atomic E-state index is 13.6. The topological polar surface area (TPSA) is 482 Å². The fourth-order valence-corrected chi connectivity index (χ4v) is 17.2. The fourth-order valence-electron chi connectivity index (χ4n) is 17.2. The summed E-state index contributed by atoms with van der Waals surface area (Å²) in [6, 6.07) is 78.9. The standard InChI is InChI=1S/C33H37N3O4.C30H34N4O4.C29H37N5O4.C26H32N4O4/c1-33(2,3)32(39)36-29(19-25-20-34-28-17-11-10-16-27(25)28)30(37)35-21-26(18-23-12-6-4-7-13-23)31(38)40-22-24-14-8-5-9-15-24;1-4-38-28(36)26(16-19-13-14-20-9-5-6-10-21(20)15-19)33-27(35)25(34-29(37)30(2,3)31)17-22-18-32-24-12-8-7-11-23(22)24;1-29(2,30)28(37)33-25(17-21-18-31-24-11-7-6-10-23(21)24)26(35)32-19-22(16-20-8-4-3-5-9-20)27(36)34-12-14-38-15-13-34;1-26(2,27)25(33)30-22(14-18-15-28-21-12-8-7-11-20(18)21)23(31)29-16-19(24(32)34-3)13-17-9-5-4-6-10-17/h4-17,20,26,29,34H,18-19,21-22H2,1-3H3,(H,35,37)(H,36,39);5-15,18,25-26,32H,4,16-17,31H2,1-3H3,(H,33,35)(H,34,37);3-11,18,22,25,31H,12-17,19,30H2,1-2H3,(H,32,35)(H,33,37);4-12,15,19,22,28H,13-14,16,27H2,1-3H3,(H,29,31)(H,30,33)/t;25?,26-;22-,25?;/m.11./s1. The number of H-pyrrole nitrogens is 4. The molecule has 0 bridgehead atoms. The second kappa shape index (κ2) is 53.6. The monoisotopic (exact) mass is 2040 g/mol. The van der Waals surface area contributed by atoms with Crippen molar-refractivity contribution in [2.24, 2.45) is 40.4 Å². The number of ether oxygens (including phenoxy) is 4. The first-order valence-corrected chi connectivity index (χ1v) is 50.6. The van der Waals surface area contributed by atoms with Gasteiger partial charge in [0.15, 0.2) is 0 Å². The Morgan fingerprint density at radius 2 is 0.660 bits per heavy atom. The van der Waals surface area contributed by atoms with Crippen molar-refractivity contribution in [2.45, 2.75) is 174 Å². The van der Waals surface area contributed by atoms with Gasteiger partial charge in [-0.3, -0.25) is 52.7 Å². The molecule has 10 aromatic carbocycles. The summed E-state index contributed by atoms with van der Waals surface area (Å²) >= 11 is 0. The van der Waals surface area contributed by atoms with Crippen molar-refractivity contribution < 1.29 is 76.5 Å². The molecule has 32 heteroatoms. The highest BCUT2D eigenvalue weighted by Gasteiger charge is 2.38. The van der Waals surface area contributed by atoms with Gasteiger partial charge < -0.3 is 104 Å². The number of aromatic amines is 4. The van der Waals surface area contributed by atoms with Gasteiger partial charge in [0.05, 0.1) is 61.3 Å². The largest absolute Gasteiger partial charge is 0.469 e. The normalized spacial score (nSPS) is 13.7. The summed E-state index contributed by atoms with van der Waals surface area (Å²) in [5.74, 6) is -6.13. The average molecular weight is 2040 g/mol. The highest BCUT2D eigenvalue weighted by molar-refractivity contribution is 5.98. The first-order chi connectivity index (χ1) is 71.8. The second-order valence-corrected chi connectivity index (χ2v) is 40.4. The number of benzene rings is 10. The first-order valence-electron chi connectivity index (χ1n) is 50.6. The Hall–Kier alpha value is -15.9. The lowest BCUT2D eigenvalue weighted by Gasteiger charge is -2.31. The number of nitrogens with zero attached hydrogens (tertiary/aromatic N) is 1. The quantitative estimate of drug-likeness (QED) is 0.0125. The van der Waals surface area contributed by atoms with Crippen LogP contribution in [0.3, 0.4) is 0 Å². The molecule has 150 heavy (non-hydrogen) atoms. The van der Waals surface area contributed by atoms with E-state index >= 15 is 0 Å². The predicted octanol–water partition coefficient (Wildman–Crippen LogP) is 12.2. The average Bonchev–Trinajstić information content (AvgIpc) is 1.69. The lowest BCUT2D eigenvalue weighted by atomic mass is 9.94. The first kappa shape index (κ1) is 113. The van der Waals surface area contributed by atoms with Gasteiger partial charge in [0.25, 0.3) is 0 Å². The number of nitrogens with one attached hydrogen (secondary N) is 12. The van der Waals surface area contributed by atoms with Crippen LogP contribution in [0.1, 0.15) is 119 Å². The third-order valence-corrected chi connectivity index (χ3v) is 25.8. The van der Waals surface area contributed by atoms with Crippen LogP contribution in [-0.2, 0) is 134 Å². The van der Waals surface area contributed by atoms with Crippen LogP contribution in [0.25, 0.3) is 54.4 Å². The van der Waals surface area contributed by atoms with Crippen LogP contribution in [0.4, 0.5) is 0 Å². The Labute approximate surface area is 874 Å². The Balaban J connectivity index is 0.000000178. The van der Waals surface area contributed by atoms with Crippen molar-refractivity contribution in [3.63, 3.8) is 0 Å². The number of hydrogen-bond donors (Lipinski definition) is 15. The molecule has 14 aromatic rings. The highest BCUT2D eigenvalue weighted by atomic mass is 16.5. The van der Waals surface area contributed by atoms with Crippen LogP contribution in [-0.4, -0.2) is 202 Å². The van der Waals surface area contributed by atoms with Gasteiger partial charge in [0.2, 0.25) is 53.2 Å². The van der Waals surface area contributed by atoms with E-state index < -0.39 is 111 Å². The SMILES string of the molecule is CC(C)(C)C(=O)NC(Cc1c[nH]c2ccccc12)C(=O)NCC(Cc1ccccc1)C(=O)OCc1ccccc1.CC(C)(N)C(=O)NC(Cc1c[nH]c2ccccc12)C(=O)NC[C@@H](Cc1ccccc1)C(=O)N1CCOCC1.CCOC(=O)[C@@H](Cc1ccc2ccccc2c1)NC(=O)C(Cc1c[nH]c2ccccc12)NC(=O)C(C)(C)N.COC(=O)C(CNC(=O)C(Cc1c[nH]c2ccccc12)NC(=O)C(C)(C)N)Cc1ccccc1. The molecule has 788 valence electrons. The number of para-hydroxylation sites is 4. The van der Waals surface area contributed by atoms with E-state index in [0.29, 0.717) is 52.0 Å². The van der Waals surface area contributed by atoms with E-state index in [1.165, 1.54) is 7.11 Å². The van der Waals surface area contributed by atoms with Crippen molar-refractivity contribution in [1.82, 2.24) is 67.4 Å². The Morgan fingerprint density at radius 3 is 1.03 bits per heavy atom. The minimum absolute atomic E-state index is 0.0160. The van der Waals surface area contributed by atoms with Gasteiger partial charge in [0.1, 0.15) is 36.8 Å². The van der Waals surface area contributed by atoms with E-state index in [4.69, 9.17) is 36.1 Å². The van der Waals surface area contributed by atoms with Gasteiger partial charge in [-0.25, -0.2) is 4.79 Å². The van der Waals surface area contributed by atoms with Crippen molar-refractivity contribution in [2.75, 3.05) is 59.7 Å². The third kappa shape index (κ3) is 33.3. The van der Waals surface area contributed by atoms with Gasteiger partial charge >= 0.3 is 17.9 Å². The van der Waals surface area contributed by atoms with E-state index in [2.05, 4.69) is 62.5 Å². The number of fused-ring (bicyclic) bond motifs is 5. The molecule has 0 spiro atoms. The zero-order chi connectivity index (χ0) is 108. The number of nitrogens with two attached hydrogens (primary N) is 3. The molecule has 4 aromatic heterocycles. The molecule has 5 heterocycles. The number of carbonyl (C=O) groups excluding carboxylic acids is 12. The number of morpholine rings is 1. The number of methoxy groups -OCH3 is 1. The molecular weight excluding hydrogens is 1900 g/mol. The van der Waals surface area contributed by atoms with Crippen molar-refractivity contribution >= 4 is 125 Å². The molecule has 6 unspecified atom stereocenters. The van der Waals surface area contributed by atoms with Crippen LogP contribution in [0, 0.1) is 23.2 Å². The van der Waals surface area contributed by atoms with Crippen molar-refractivity contribution in [3.8, 4) is 0 Å². The van der Waals surface area contributed by atoms with Crippen LogP contribution >= 0.6 is 0 Å². The smallest absolute Gasteiger partial charge is 0.328 e. The number of carbonyl (C=O) groups is 12. The van der Waals surface area contributed by atoms with Crippen LogP contribution in [0.5, 0.6) is 0 Å². The van der Waals surface area contributed by atoms with E-state index in [0.717, 1.165) is 104 Å². The van der Waals surface area contributed by atoms with E-state index in [9.17, 15) is 57.5 Å². The van der Waals surface area contributed by atoms with E-state index in [-0.39, 0.29) is 88.1 Å². The van der Waals surface area contributed by atoms with E-state index in [1.807, 2.05) is 306 Å². The fraction of sp³-hybridized carbons (Fsp3) is 0.339. The molecule has 32 nitrogen and oxygen atoms in total. The Kier molecular flexibility index (Phi) is 40.3. The van der Waals surface area contributed by atoms with Gasteiger partial charge in [-0.1, -0.05) is 257 Å². The molecule has 0 saturated carbocycles. The highest BCUT2D eigenvalue weighted by Crippen LogP contribution is 2.28. The molecule has 0 radical (unpaired) electrons. The maximum Gasteiger partial charge on any atom is 0.328 e. The summed E-state index contributed by atoms with van der Waals surface area (Å²) in [6.07, 6.45) is 10.00. The van der Waals surface area contributed by atoms with Crippen molar-refractivity contribution in [1.29, 1.82) is 0 Å². The summed E-state index contributed by atoms with van der Waals surface area (Å²) in [5.41, 5.74) is 25.9. The second-order valence-electron chi connectivity index (χ2n) is 40.4. The Bertz CT molecular complexity index is 6890. The summed E-state index contributed by atoms with van der Waals surface area (Å²) in [6.45, 7) is 19.4. The lowest BCUT2D eigenvalue weighted by Crippen LogP contribution is -2.58. The predicted molar refractivity (Wildman–Crippen MR) is 582 cm³/mol. The number of aromatic nitrogens is 4. The van der Waals surface area contributed by atoms with Gasteiger partial charge in [-0.15, -0.1) is 0 Å². The molecule has 9 amide bonds. The molecule has 1 aliphatic rings. The van der Waals surface area contributed by atoms with Crippen molar-refractivity contribution in [3.05, 3.63) is 336 Å². The zero-order valence-electron chi connectivity index (χ0n) is 87.0. The van der Waals surface area contributed by atoms with Crippen LogP contribution in [0.15, 0.2) is 286 Å². The van der Waals surface area contributed by atoms with E-state index in [1.54, 1.807) is 53.4 Å². The molecule has 0 aliphatic carbocycles. The Morgan fingerprint density at radius 1 is 0.333 bits per heavy atom. The number of esters is 3. The lowest BCUT2D eigenvalue weighted by molar-refractivity contribution is -0.150. The van der Waals surface area contributed by atoms with Gasteiger partial charge in [0, 0.05) is 139 Å². The zero-order valence-corrected chi connectivity index (χ0v) is 87.0. The molecule has 1 fully saturated rings. The summed E-state index contributed by atoms with van der Waals surface area (Å²) in [7, 11) is 1.32. The maximum atomic E-state index is 13.6. The number of hydrogen-bond acceptors (Lipinski definition) is 19.